The molecule has 0 spiro atoms. The summed E-state index contributed by atoms with van der Waals surface area (Å²) in [6, 6.07) is 0. The zero-order chi connectivity index (χ0) is 5.33. The van der Waals surface area contributed by atoms with Gasteiger partial charge in [0.05, 0.1) is 5.88 Å². The van der Waals surface area contributed by atoms with E-state index in [2.05, 4.69) is 36.9 Å². The van der Waals surface area contributed by atoms with Crippen molar-refractivity contribution >= 4 is 49.8 Å². The van der Waals surface area contributed by atoms with Crippen LogP contribution >= 0.6 is 43.6 Å². The van der Waals surface area contributed by atoms with Gasteiger partial charge in [-0.1, -0.05) is 31.9 Å². The molecule has 0 saturated heterocycles. The average molecular weight is 245 g/mol. The van der Waals surface area contributed by atoms with E-state index in [-0.39, 0.29) is 2.57 Å². The predicted molar refractivity (Wildman–Crippen MR) is 41.5 cm³/mol. The third-order valence-electron chi connectivity index (χ3n) is 0.573. The van der Waals surface area contributed by atoms with Crippen molar-refractivity contribution in [1.82, 2.24) is 0 Å². The summed E-state index contributed by atoms with van der Waals surface area (Å²) in [7, 11) is 0. The number of thioether (sulfide) groups is 1. The topological polar surface area (TPSA) is 12.4 Å². The van der Waals surface area contributed by atoms with Gasteiger partial charge in [-0.05, 0) is 0 Å². The highest BCUT2D eigenvalue weighted by Crippen LogP contribution is 2.40. The summed E-state index contributed by atoms with van der Waals surface area (Å²) in [5.74, 6) is 0.858. The molecule has 0 atom stereocenters. The second-order valence-electron chi connectivity index (χ2n) is 1.15. The van der Waals surface area contributed by atoms with Gasteiger partial charge in [-0.15, -0.1) is 11.8 Å². The molecule has 1 rings (SSSR count). The molecule has 0 aromatic heterocycles. The summed E-state index contributed by atoms with van der Waals surface area (Å²) < 4.78 is -0.0556. The lowest BCUT2D eigenvalue weighted by Gasteiger charge is -2.03. The van der Waals surface area contributed by atoms with Crippen LogP contribution in [0.5, 0.6) is 0 Å². The van der Waals surface area contributed by atoms with Gasteiger partial charge in [0.15, 0.2) is 2.57 Å². The number of nitrogens with zero attached hydrogens (tertiary/aromatic N) is 1. The van der Waals surface area contributed by atoms with Gasteiger partial charge in [-0.25, -0.2) is 0 Å². The Kier molecular flexibility index (Phi) is 1.81. The smallest absolute Gasteiger partial charge is 0.162 e. The molecule has 0 radical (unpaired) electrons. The minimum atomic E-state index is -0.0556. The van der Waals surface area contributed by atoms with Gasteiger partial charge in [0.25, 0.3) is 0 Å². The maximum Gasteiger partial charge on any atom is 0.162 e. The molecule has 0 aliphatic carbocycles. The van der Waals surface area contributed by atoms with Crippen molar-refractivity contribution in [3.05, 3.63) is 0 Å². The first-order valence-corrected chi connectivity index (χ1v) is 4.31. The van der Waals surface area contributed by atoms with Crippen molar-refractivity contribution in [2.75, 3.05) is 5.88 Å². The van der Waals surface area contributed by atoms with E-state index in [1.54, 1.807) is 11.8 Å². The lowest BCUT2D eigenvalue weighted by Crippen LogP contribution is -1.99. The minimum Gasteiger partial charge on any atom is -0.283 e. The Morgan fingerprint density at radius 3 is 2.57 bits per heavy atom. The average Bonchev–Trinajstić information content (AvgIpc) is 1.84. The number of alkyl halides is 2. The first-order valence-electron chi connectivity index (χ1n) is 1.73. The zero-order valence-corrected chi connectivity index (χ0v) is 7.38. The maximum atomic E-state index is 3.98. The number of aliphatic imine (C=N–C) groups is 1. The summed E-state index contributed by atoms with van der Waals surface area (Å²) in [5.41, 5.74) is 0. The molecule has 1 heterocycles. The molecular formula is C3H3Br2NS. The highest BCUT2D eigenvalue weighted by atomic mass is 79.9. The Hall–Kier alpha value is 0.980. The molecule has 0 unspecified atom stereocenters. The van der Waals surface area contributed by atoms with Crippen molar-refractivity contribution in [1.29, 1.82) is 0 Å². The summed E-state index contributed by atoms with van der Waals surface area (Å²) in [6.07, 6.45) is 1.84. The molecule has 1 nitrogen and oxygen atoms in total. The molecule has 0 aromatic rings. The fourth-order valence-electron chi connectivity index (χ4n) is 0.304. The van der Waals surface area contributed by atoms with Crippen molar-refractivity contribution in [3.8, 4) is 0 Å². The van der Waals surface area contributed by atoms with Crippen LogP contribution in [0.3, 0.4) is 0 Å². The monoisotopic (exact) mass is 243 g/mol. The van der Waals surface area contributed by atoms with E-state index in [1.807, 2.05) is 6.21 Å². The summed E-state index contributed by atoms with van der Waals surface area (Å²) >= 11 is 8.46. The fourth-order valence-corrected chi connectivity index (χ4v) is 1.68. The van der Waals surface area contributed by atoms with Gasteiger partial charge in [-0.2, -0.15) is 0 Å². The molecule has 40 valence electrons. The van der Waals surface area contributed by atoms with Crippen LogP contribution in [0.15, 0.2) is 4.99 Å². The van der Waals surface area contributed by atoms with Crippen molar-refractivity contribution in [2.45, 2.75) is 2.57 Å². The Bertz CT molecular complexity index is 101. The second kappa shape index (κ2) is 2.07. The molecule has 0 N–H and O–H groups in total. The van der Waals surface area contributed by atoms with Gasteiger partial charge in [0, 0.05) is 6.21 Å². The van der Waals surface area contributed by atoms with Crippen molar-refractivity contribution in [3.63, 3.8) is 0 Å². The van der Waals surface area contributed by atoms with E-state index in [1.165, 1.54) is 0 Å². The Labute approximate surface area is 63.2 Å². The van der Waals surface area contributed by atoms with Gasteiger partial charge in [-0.3, -0.25) is 4.99 Å². The molecule has 1 aliphatic rings. The van der Waals surface area contributed by atoms with Crippen LogP contribution in [0.1, 0.15) is 0 Å². The van der Waals surface area contributed by atoms with E-state index in [9.17, 15) is 0 Å². The number of hydrogen-bond acceptors (Lipinski definition) is 2. The fraction of sp³-hybridized carbons (Fsp3) is 0.667. The van der Waals surface area contributed by atoms with Gasteiger partial charge in [0.1, 0.15) is 0 Å². The molecule has 0 amide bonds. The standard InChI is InChI=1S/C3H3Br2NS/c4-3(5)1-6-2-7-3/h1H,2H2. The van der Waals surface area contributed by atoms with E-state index < -0.39 is 0 Å². The van der Waals surface area contributed by atoms with E-state index >= 15 is 0 Å². The molecule has 4 heteroatoms. The highest BCUT2D eigenvalue weighted by Gasteiger charge is 2.23. The number of rotatable bonds is 0. The van der Waals surface area contributed by atoms with Crippen LogP contribution in [0.2, 0.25) is 0 Å². The molecule has 0 fully saturated rings. The minimum absolute atomic E-state index is 0.0556. The first-order chi connectivity index (χ1) is 3.21. The molecule has 1 aliphatic heterocycles. The van der Waals surface area contributed by atoms with Crippen LogP contribution in [0.25, 0.3) is 0 Å². The normalized spacial score (nSPS) is 26.0. The summed E-state index contributed by atoms with van der Waals surface area (Å²) in [6.45, 7) is 0. The Balaban J connectivity index is 2.57. The van der Waals surface area contributed by atoms with Crippen LogP contribution in [0, 0.1) is 0 Å². The molecular weight excluding hydrogens is 242 g/mol. The van der Waals surface area contributed by atoms with E-state index in [0.29, 0.717) is 0 Å². The van der Waals surface area contributed by atoms with Crippen molar-refractivity contribution < 1.29 is 0 Å². The molecule has 0 bridgehead atoms. The molecule has 0 saturated carbocycles. The predicted octanol–water partition coefficient (Wildman–Crippen LogP) is 2.21. The third-order valence-corrected chi connectivity index (χ3v) is 3.12. The number of hydrogen-bond donors (Lipinski definition) is 0. The van der Waals surface area contributed by atoms with E-state index in [4.69, 9.17) is 0 Å². The lowest BCUT2D eigenvalue weighted by atomic mass is 10.9. The van der Waals surface area contributed by atoms with Crippen LogP contribution in [0.4, 0.5) is 0 Å². The molecule has 7 heavy (non-hydrogen) atoms. The SMILES string of the molecule is BrC1(Br)C=NCS1. The lowest BCUT2D eigenvalue weighted by molar-refractivity contribution is 1.43. The van der Waals surface area contributed by atoms with Crippen LogP contribution in [-0.4, -0.2) is 14.7 Å². The zero-order valence-electron chi connectivity index (χ0n) is 3.40. The van der Waals surface area contributed by atoms with Gasteiger partial charge in [0.2, 0.25) is 0 Å². The largest absolute Gasteiger partial charge is 0.283 e. The van der Waals surface area contributed by atoms with Gasteiger partial charge >= 0.3 is 0 Å². The van der Waals surface area contributed by atoms with Crippen LogP contribution < -0.4 is 0 Å². The maximum absolute atomic E-state index is 3.98. The Morgan fingerprint density at radius 2 is 2.43 bits per heavy atom. The molecule has 0 aromatic carbocycles. The van der Waals surface area contributed by atoms with E-state index in [0.717, 1.165) is 5.88 Å². The highest BCUT2D eigenvalue weighted by molar-refractivity contribution is 9.28. The summed E-state index contributed by atoms with van der Waals surface area (Å²) in [4.78, 5) is 3.98. The summed E-state index contributed by atoms with van der Waals surface area (Å²) in [5, 5.41) is 0. The van der Waals surface area contributed by atoms with Crippen LogP contribution in [-0.2, 0) is 0 Å². The van der Waals surface area contributed by atoms with Gasteiger partial charge < -0.3 is 0 Å². The Morgan fingerprint density at radius 1 is 1.71 bits per heavy atom. The number of halogens is 2. The van der Waals surface area contributed by atoms with Crippen molar-refractivity contribution in [2.24, 2.45) is 4.99 Å². The second-order valence-corrected chi connectivity index (χ2v) is 6.95. The third kappa shape index (κ3) is 1.74. The first kappa shape index (κ1) is 6.11. The quantitative estimate of drug-likeness (QED) is 0.596.